The van der Waals surface area contributed by atoms with Crippen LogP contribution in [0.1, 0.15) is 44.6 Å². The van der Waals surface area contributed by atoms with Gasteiger partial charge in [-0.2, -0.15) is 13.2 Å². The van der Waals surface area contributed by atoms with Crippen molar-refractivity contribution in [1.82, 2.24) is 10.6 Å². The molecule has 1 aliphatic rings. The van der Waals surface area contributed by atoms with Crippen LogP contribution in [0.15, 0.2) is 23.2 Å². The lowest BCUT2D eigenvalue weighted by molar-refractivity contribution is -0.132. The molecule has 0 atom stereocenters. The van der Waals surface area contributed by atoms with E-state index in [0.717, 1.165) is 18.4 Å². The fourth-order valence-corrected chi connectivity index (χ4v) is 2.93. The second-order valence-electron chi connectivity index (χ2n) is 6.50. The summed E-state index contributed by atoms with van der Waals surface area (Å²) in [7, 11) is 1.60. The summed E-state index contributed by atoms with van der Waals surface area (Å²) in [4.78, 5) is 4.36. The summed E-state index contributed by atoms with van der Waals surface area (Å²) >= 11 is 0. The lowest BCUT2D eigenvalue weighted by atomic mass is 10.2. The molecule has 0 aliphatic heterocycles. The topological polar surface area (TPSA) is 54.9 Å². The van der Waals surface area contributed by atoms with Crippen LogP contribution in [0.5, 0.6) is 11.5 Å². The molecule has 0 heterocycles. The number of aliphatic imine (C=N–C) groups is 1. The van der Waals surface area contributed by atoms with Gasteiger partial charge in [-0.1, -0.05) is 6.07 Å². The summed E-state index contributed by atoms with van der Waals surface area (Å²) in [6, 6.07) is 5.60. The van der Waals surface area contributed by atoms with Gasteiger partial charge in [-0.3, -0.25) is 0 Å². The largest absolute Gasteiger partial charge is 0.493 e. The molecule has 1 fully saturated rings. The molecular weight excluding hydrogens is 359 g/mol. The zero-order valence-corrected chi connectivity index (χ0v) is 15.9. The lowest BCUT2D eigenvalue weighted by Gasteiger charge is -2.17. The van der Waals surface area contributed by atoms with Crippen molar-refractivity contribution in [2.45, 2.75) is 57.9 Å². The zero-order valence-electron chi connectivity index (χ0n) is 15.9. The van der Waals surface area contributed by atoms with Crippen molar-refractivity contribution in [1.29, 1.82) is 0 Å². The Morgan fingerprint density at radius 2 is 1.93 bits per heavy atom. The minimum Gasteiger partial charge on any atom is -0.493 e. The molecule has 8 heteroatoms. The van der Waals surface area contributed by atoms with Gasteiger partial charge in [0.2, 0.25) is 0 Å². The van der Waals surface area contributed by atoms with Crippen molar-refractivity contribution >= 4 is 5.96 Å². The van der Waals surface area contributed by atoms with Gasteiger partial charge in [0.15, 0.2) is 17.5 Å². The Labute approximate surface area is 158 Å². The minimum absolute atomic E-state index is 0.207. The first-order valence-electron chi connectivity index (χ1n) is 9.33. The summed E-state index contributed by atoms with van der Waals surface area (Å²) in [5.41, 5.74) is 0.900. The quantitative estimate of drug-likeness (QED) is 0.523. The molecule has 152 valence electrons. The number of halogens is 3. The van der Waals surface area contributed by atoms with Crippen LogP contribution < -0.4 is 20.1 Å². The van der Waals surface area contributed by atoms with E-state index >= 15 is 0 Å². The number of ether oxygens (including phenoxy) is 2. The highest BCUT2D eigenvalue weighted by atomic mass is 19.4. The smallest absolute Gasteiger partial charge is 0.390 e. The van der Waals surface area contributed by atoms with E-state index in [2.05, 4.69) is 15.6 Å². The summed E-state index contributed by atoms with van der Waals surface area (Å²) in [6.45, 7) is 2.54. The molecule has 0 amide bonds. The standard InChI is InChI=1S/C19H28F3N3O2/c1-3-23-18(24-11-10-19(20,21)22)25-13-14-8-9-16(26-2)17(12-14)27-15-6-4-5-7-15/h8-9,12,15H,3-7,10-11,13H2,1-2H3,(H2,23,24,25). The molecule has 0 saturated heterocycles. The van der Waals surface area contributed by atoms with Gasteiger partial charge in [0.05, 0.1) is 26.2 Å². The van der Waals surface area contributed by atoms with Gasteiger partial charge in [0.25, 0.3) is 0 Å². The van der Waals surface area contributed by atoms with Crippen LogP contribution in [0, 0.1) is 0 Å². The van der Waals surface area contributed by atoms with Crippen LogP contribution >= 0.6 is 0 Å². The monoisotopic (exact) mass is 387 g/mol. The Hall–Kier alpha value is -2.12. The van der Waals surface area contributed by atoms with Crippen LogP contribution in [0.4, 0.5) is 13.2 Å². The highest BCUT2D eigenvalue weighted by Gasteiger charge is 2.26. The molecule has 0 radical (unpaired) electrons. The maximum absolute atomic E-state index is 12.3. The third-order valence-corrected chi connectivity index (χ3v) is 4.29. The molecule has 1 saturated carbocycles. The summed E-state index contributed by atoms with van der Waals surface area (Å²) in [5.74, 6) is 1.72. The Morgan fingerprint density at radius 1 is 1.19 bits per heavy atom. The predicted octanol–water partition coefficient (Wildman–Crippen LogP) is 4.02. The van der Waals surface area contributed by atoms with Crippen molar-refractivity contribution in [2.75, 3.05) is 20.2 Å². The number of nitrogens with zero attached hydrogens (tertiary/aromatic N) is 1. The first-order chi connectivity index (χ1) is 12.9. The maximum atomic E-state index is 12.3. The maximum Gasteiger partial charge on any atom is 0.390 e. The molecule has 27 heavy (non-hydrogen) atoms. The fraction of sp³-hybridized carbons (Fsp3) is 0.632. The minimum atomic E-state index is -4.19. The Morgan fingerprint density at radius 3 is 2.56 bits per heavy atom. The third-order valence-electron chi connectivity index (χ3n) is 4.29. The van der Waals surface area contributed by atoms with Gasteiger partial charge in [0, 0.05) is 13.1 Å². The lowest BCUT2D eigenvalue weighted by Crippen LogP contribution is -2.38. The molecule has 0 unspecified atom stereocenters. The first kappa shape index (κ1) is 21.2. The predicted molar refractivity (Wildman–Crippen MR) is 99.4 cm³/mol. The summed E-state index contributed by atoms with van der Waals surface area (Å²) in [6.07, 6.45) is -0.455. The van der Waals surface area contributed by atoms with Gasteiger partial charge < -0.3 is 20.1 Å². The van der Waals surface area contributed by atoms with E-state index in [1.165, 1.54) is 12.8 Å². The number of hydrogen-bond acceptors (Lipinski definition) is 3. The number of rotatable bonds is 8. The van der Waals surface area contributed by atoms with Gasteiger partial charge in [0.1, 0.15) is 0 Å². The molecular formula is C19H28F3N3O2. The highest BCUT2D eigenvalue weighted by Crippen LogP contribution is 2.32. The molecule has 0 bridgehead atoms. The van der Waals surface area contributed by atoms with Gasteiger partial charge in [-0.05, 0) is 50.3 Å². The molecule has 2 rings (SSSR count). The molecule has 0 aromatic heterocycles. The molecule has 1 aromatic carbocycles. The first-order valence-corrected chi connectivity index (χ1v) is 9.33. The average Bonchev–Trinajstić information content (AvgIpc) is 3.12. The Kier molecular flexibility index (Phi) is 8.06. The van der Waals surface area contributed by atoms with Gasteiger partial charge in [-0.15, -0.1) is 0 Å². The molecule has 0 spiro atoms. The Bertz CT molecular complexity index is 615. The molecule has 1 aromatic rings. The zero-order chi connectivity index (χ0) is 19.7. The van der Waals surface area contributed by atoms with Crippen molar-refractivity contribution < 1.29 is 22.6 Å². The fourth-order valence-electron chi connectivity index (χ4n) is 2.93. The highest BCUT2D eigenvalue weighted by molar-refractivity contribution is 5.79. The van der Waals surface area contributed by atoms with E-state index in [4.69, 9.17) is 9.47 Å². The SMILES string of the molecule is CCNC(=NCc1ccc(OC)c(OC2CCCC2)c1)NCCC(F)(F)F. The summed E-state index contributed by atoms with van der Waals surface area (Å²) < 4.78 is 48.3. The number of benzene rings is 1. The number of hydrogen-bond donors (Lipinski definition) is 2. The number of methoxy groups -OCH3 is 1. The van der Waals surface area contributed by atoms with E-state index in [0.29, 0.717) is 30.5 Å². The molecule has 1 aliphatic carbocycles. The van der Waals surface area contributed by atoms with E-state index in [9.17, 15) is 13.2 Å². The van der Waals surface area contributed by atoms with Crippen molar-refractivity contribution in [3.05, 3.63) is 23.8 Å². The summed E-state index contributed by atoms with van der Waals surface area (Å²) in [5, 5.41) is 5.66. The van der Waals surface area contributed by atoms with Crippen molar-refractivity contribution in [2.24, 2.45) is 4.99 Å². The average molecular weight is 387 g/mol. The number of alkyl halides is 3. The van der Waals surface area contributed by atoms with Crippen LogP contribution in [-0.4, -0.2) is 38.4 Å². The van der Waals surface area contributed by atoms with Crippen LogP contribution in [0.2, 0.25) is 0 Å². The normalized spacial score (nSPS) is 15.7. The van der Waals surface area contributed by atoms with E-state index < -0.39 is 12.6 Å². The van der Waals surface area contributed by atoms with Gasteiger partial charge >= 0.3 is 6.18 Å². The van der Waals surface area contributed by atoms with Gasteiger partial charge in [-0.25, -0.2) is 4.99 Å². The van der Waals surface area contributed by atoms with Crippen LogP contribution in [-0.2, 0) is 6.54 Å². The molecule has 5 nitrogen and oxygen atoms in total. The van der Waals surface area contributed by atoms with Crippen molar-refractivity contribution in [3.8, 4) is 11.5 Å². The van der Waals surface area contributed by atoms with Crippen LogP contribution in [0.3, 0.4) is 0 Å². The number of nitrogens with one attached hydrogen (secondary N) is 2. The van der Waals surface area contributed by atoms with E-state index in [-0.39, 0.29) is 12.6 Å². The van der Waals surface area contributed by atoms with E-state index in [1.54, 1.807) is 7.11 Å². The van der Waals surface area contributed by atoms with Crippen LogP contribution in [0.25, 0.3) is 0 Å². The second-order valence-corrected chi connectivity index (χ2v) is 6.50. The number of guanidine groups is 1. The van der Waals surface area contributed by atoms with E-state index in [1.807, 2.05) is 25.1 Å². The molecule has 2 N–H and O–H groups in total. The third kappa shape index (κ3) is 7.56. The van der Waals surface area contributed by atoms with Crippen molar-refractivity contribution in [3.63, 3.8) is 0 Å². The second kappa shape index (κ2) is 10.3. The Balaban J connectivity index is 2.01.